The number of ketones is 1. The zero-order chi connectivity index (χ0) is 19.8. The Morgan fingerprint density at radius 1 is 0.923 bits per heavy atom. The van der Waals surface area contributed by atoms with Crippen LogP contribution in [-0.2, 0) is 14.3 Å². The molecule has 0 atom stereocenters. The molecule has 26 heavy (non-hydrogen) atoms. The van der Waals surface area contributed by atoms with Gasteiger partial charge in [-0.25, -0.2) is 0 Å². The lowest BCUT2D eigenvalue weighted by molar-refractivity contribution is -0.146. The molecular formula is C22H39NO3. The topological polar surface area (TPSA) is 46.6 Å². The van der Waals surface area contributed by atoms with Crippen LogP contribution in [0.1, 0.15) is 87.0 Å². The number of Topliss-reactive ketones (excluding diaryl/α,β-unsaturated/α-hetero) is 1. The van der Waals surface area contributed by atoms with Crippen molar-refractivity contribution >= 4 is 11.7 Å². The summed E-state index contributed by atoms with van der Waals surface area (Å²) in [4.78, 5) is 27.7. The summed E-state index contributed by atoms with van der Waals surface area (Å²) in [5, 5.41) is 0. The molecule has 0 aromatic rings. The van der Waals surface area contributed by atoms with Gasteiger partial charge in [0.05, 0.1) is 11.7 Å². The summed E-state index contributed by atoms with van der Waals surface area (Å²) in [5.74, 6) is 0.763. The molecule has 0 radical (unpaired) electrons. The van der Waals surface area contributed by atoms with Gasteiger partial charge < -0.3 is 9.64 Å². The van der Waals surface area contributed by atoms with Gasteiger partial charge in [-0.2, -0.15) is 0 Å². The Balaban J connectivity index is 1.85. The summed E-state index contributed by atoms with van der Waals surface area (Å²) in [5.41, 5.74) is -0.710. The minimum atomic E-state index is -0.313. The molecule has 1 saturated heterocycles. The number of hydrogen-bond acceptors (Lipinski definition) is 3. The van der Waals surface area contributed by atoms with Gasteiger partial charge in [-0.1, -0.05) is 27.7 Å². The average molecular weight is 366 g/mol. The smallest absolute Gasteiger partial charge is 0.225 e. The Labute approximate surface area is 160 Å². The van der Waals surface area contributed by atoms with Crippen LogP contribution in [0.25, 0.3) is 0 Å². The highest BCUT2D eigenvalue weighted by Gasteiger charge is 2.43. The van der Waals surface area contributed by atoms with Gasteiger partial charge >= 0.3 is 0 Å². The fraction of sp³-hybridized carbons (Fsp3) is 0.909. The first-order valence-electron chi connectivity index (χ1n) is 10.3. The number of likely N-dealkylation sites (tertiary alicyclic amines) is 1. The predicted octanol–water partition coefficient (Wildman–Crippen LogP) is 4.60. The van der Waals surface area contributed by atoms with Gasteiger partial charge in [0, 0.05) is 29.8 Å². The Bertz CT molecular complexity index is 510. The van der Waals surface area contributed by atoms with E-state index in [4.69, 9.17) is 4.74 Å². The van der Waals surface area contributed by atoms with Gasteiger partial charge in [0.2, 0.25) is 5.91 Å². The zero-order valence-corrected chi connectivity index (χ0v) is 18.0. The normalized spacial score (nSPS) is 27.3. The second-order valence-corrected chi connectivity index (χ2v) is 10.7. The number of ether oxygens (including phenoxy) is 1. The van der Waals surface area contributed by atoms with Crippen molar-refractivity contribution in [2.24, 2.45) is 16.7 Å². The van der Waals surface area contributed by atoms with E-state index in [1.54, 1.807) is 0 Å². The molecule has 1 heterocycles. The summed E-state index contributed by atoms with van der Waals surface area (Å²) in [7, 11) is 0. The summed E-state index contributed by atoms with van der Waals surface area (Å²) < 4.78 is 6.08. The number of nitrogens with zero attached hydrogens (tertiary/aromatic N) is 1. The number of rotatable bonds is 3. The molecule has 1 amide bonds. The predicted molar refractivity (Wildman–Crippen MR) is 105 cm³/mol. The van der Waals surface area contributed by atoms with E-state index in [9.17, 15) is 9.59 Å². The van der Waals surface area contributed by atoms with E-state index in [0.717, 1.165) is 51.6 Å². The van der Waals surface area contributed by atoms with Gasteiger partial charge in [0.25, 0.3) is 0 Å². The lowest BCUT2D eigenvalue weighted by Gasteiger charge is -2.42. The standard InChI is InChI=1S/C22H39NO3/c1-20(2,3)19(25)22(7)12-14-23(15-13-22)18(24)16-8-10-17(11-9-16)26-21(4,5)6/h16-17H,8-15H2,1-7H3. The van der Waals surface area contributed by atoms with Crippen LogP contribution < -0.4 is 0 Å². The molecule has 1 saturated carbocycles. The van der Waals surface area contributed by atoms with Crippen LogP contribution >= 0.6 is 0 Å². The van der Waals surface area contributed by atoms with Crippen molar-refractivity contribution in [2.75, 3.05) is 13.1 Å². The lowest BCUT2D eigenvalue weighted by atomic mass is 9.68. The van der Waals surface area contributed by atoms with E-state index in [-0.39, 0.29) is 28.5 Å². The Hall–Kier alpha value is -0.900. The van der Waals surface area contributed by atoms with E-state index in [1.807, 2.05) is 25.7 Å². The zero-order valence-electron chi connectivity index (χ0n) is 18.0. The molecule has 2 aliphatic rings. The van der Waals surface area contributed by atoms with Crippen molar-refractivity contribution in [3.05, 3.63) is 0 Å². The molecule has 0 spiro atoms. The molecule has 0 aromatic carbocycles. The molecule has 2 rings (SSSR count). The van der Waals surface area contributed by atoms with Crippen LogP contribution in [0.15, 0.2) is 0 Å². The van der Waals surface area contributed by atoms with Gasteiger partial charge in [-0.05, 0) is 59.3 Å². The molecule has 0 N–H and O–H groups in total. The average Bonchev–Trinajstić information content (AvgIpc) is 2.52. The van der Waals surface area contributed by atoms with E-state index < -0.39 is 0 Å². The van der Waals surface area contributed by atoms with E-state index in [0.29, 0.717) is 11.7 Å². The third kappa shape index (κ3) is 5.31. The Kier molecular flexibility index (Phi) is 6.27. The van der Waals surface area contributed by atoms with Gasteiger partial charge in [0.1, 0.15) is 5.78 Å². The maximum Gasteiger partial charge on any atom is 0.225 e. The number of amides is 1. The Morgan fingerprint density at radius 3 is 1.85 bits per heavy atom. The van der Waals surface area contributed by atoms with E-state index >= 15 is 0 Å². The fourth-order valence-corrected chi connectivity index (χ4v) is 4.54. The third-order valence-electron chi connectivity index (χ3n) is 5.95. The van der Waals surface area contributed by atoms with Crippen molar-refractivity contribution in [3.63, 3.8) is 0 Å². The minimum Gasteiger partial charge on any atom is -0.373 e. The number of hydrogen-bond donors (Lipinski definition) is 0. The second kappa shape index (κ2) is 7.61. The van der Waals surface area contributed by atoms with Gasteiger partial charge in [-0.3, -0.25) is 9.59 Å². The molecule has 150 valence electrons. The largest absolute Gasteiger partial charge is 0.373 e. The molecule has 1 aliphatic carbocycles. The summed E-state index contributed by atoms with van der Waals surface area (Å²) in [6.45, 7) is 15.8. The van der Waals surface area contributed by atoms with Crippen LogP contribution in [0, 0.1) is 16.7 Å². The van der Waals surface area contributed by atoms with Crippen molar-refractivity contribution in [1.82, 2.24) is 4.90 Å². The van der Waals surface area contributed by atoms with Crippen LogP contribution in [0.2, 0.25) is 0 Å². The number of carbonyl (C=O) groups is 2. The fourth-order valence-electron chi connectivity index (χ4n) is 4.54. The summed E-state index contributed by atoms with van der Waals surface area (Å²) >= 11 is 0. The third-order valence-corrected chi connectivity index (χ3v) is 5.95. The first-order valence-corrected chi connectivity index (χ1v) is 10.3. The summed E-state index contributed by atoms with van der Waals surface area (Å²) in [6.07, 6.45) is 5.66. The van der Waals surface area contributed by atoms with E-state index in [1.165, 1.54) is 0 Å². The Morgan fingerprint density at radius 2 is 1.42 bits per heavy atom. The molecule has 0 aromatic heterocycles. The molecule has 4 heteroatoms. The van der Waals surface area contributed by atoms with E-state index in [2.05, 4.69) is 27.7 Å². The molecular weight excluding hydrogens is 326 g/mol. The van der Waals surface area contributed by atoms with Gasteiger partial charge in [0.15, 0.2) is 0 Å². The van der Waals surface area contributed by atoms with Crippen LogP contribution in [0.5, 0.6) is 0 Å². The lowest BCUT2D eigenvalue weighted by Crippen LogP contribution is -2.49. The van der Waals surface area contributed by atoms with Crippen LogP contribution in [0.4, 0.5) is 0 Å². The molecule has 4 nitrogen and oxygen atoms in total. The van der Waals surface area contributed by atoms with Crippen molar-refractivity contribution in [3.8, 4) is 0 Å². The highest BCUT2D eigenvalue weighted by molar-refractivity contribution is 5.89. The first-order chi connectivity index (χ1) is 11.8. The monoisotopic (exact) mass is 365 g/mol. The quantitative estimate of drug-likeness (QED) is 0.734. The molecule has 2 fully saturated rings. The maximum atomic E-state index is 12.9. The van der Waals surface area contributed by atoms with Crippen LogP contribution in [0.3, 0.4) is 0 Å². The van der Waals surface area contributed by atoms with Gasteiger partial charge in [-0.15, -0.1) is 0 Å². The minimum absolute atomic E-state index is 0.113. The van der Waals surface area contributed by atoms with Crippen molar-refractivity contribution < 1.29 is 14.3 Å². The maximum absolute atomic E-state index is 12.9. The molecule has 0 bridgehead atoms. The highest BCUT2D eigenvalue weighted by atomic mass is 16.5. The first kappa shape index (κ1) is 21.4. The summed E-state index contributed by atoms with van der Waals surface area (Å²) in [6, 6.07) is 0. The molecule has 1 aliphatic heterocycles. The highest BCUT2D eigenvalue weighted by Crippen LogP contribution is 2.39. The molecule has 0 unspecified atom stereocenters. The van der Waals surface area contributed by atoms with Crippen molar-refractivity contribution in [2.45, 2.75) is 98.7 Å². The number of carbonyl (C=O) groups excluding carboxylic acids is 2. The van der Waals surface area contributed by atoms with Crippen molar-refractivity contribution in [1.29, 1.82) is 0 Å². The SMILES string of the molecule is CC(C)(C)OC1CCC(C(=O)N2CCC(C)(C(=O)C(C)(C)C)CC2)CC1. The number of piperidine rings is 1. The van der Waals surface area contributed by atoms with Crippen LogP contribution in [-0.4, -0.2) is 41.4 Å². The second-order valence-electron chi connectivity index (χ2n) is 10.7.